The molecule has 2 amide bonds. The highest BCUT2D eigenvalue weighted by atomic mass is 19.1. The number of primary amides is 1. The molecule has 0 unspecified atom stereocenters. The molecule has 5 rings (SSSR count). The van der Waals surface area contributed by atoms with Gasteiger partial charge in [0.05, 0.1) is 12.2 Å². The van der Waals surface area contributed by atoms with Crippen LogP contribution in [0.4, 0.5) is 4.39 Å². The molecule has 0 saturated heterocycles. The second kappa shape index (κ2) is 8.42. The molecule has 3 aromatic heterocycles. The quantitative estimate of drug-likeness (QED) is 0.325. The number of aromatic nitrogens is 3. The standard InChI is InChI=1S/C26H24FN5O4.2H2/c1-25(24(28)34)13-36-21-17(25)11-19(32-20(21)14-3-6-16(27)7-4-14)26(2,35)12-30-23(33)18-8-5-15-9-10-29-22(15)31-18;;/h3-11,35H,12-13H2,1-2H3,(H2,28,34)(H,29,31)(H,30,33);2*1H/t25-,26-;;/m0../s1. The maximum atomic E-state index is 13.6. The van der Waals surface area contributed by atoms with E-state index in [9.17, 15) is 19.1 Å². The molecular weight excluding hydrogens is 465 g/mol. The summed E-state index contributed by atoms with van der Waals surface area (Å²) in [4.78, 5) is 36.9. The van der Waals surface area contributed by atoms with Gasteiger partial charge in [-0.1, -0.05) is 0 Å². The average molecular weight is 494 g/mol. The van der Waals surface area contributed by atoms with Crippen molar-refractivity contribution in [3.05, 3.63) is 77.5 Å². The summed E-state index contributed by atoms with van der Waals surface area (Å²) in [6, 6.07) is 12.4. The lowest BCUT2D eigenvalue weighted by molar-refractivity contribution is -0.123. The molecule has 0 fully saturated rings. The molecular formula is C26H28FN5O4. The summed E-state index contributed by atoms with van der Waals surface area (Å²) in [7, 11) is 0. The number of carbonyl (C=O) groups excluding carboxylic acids is 2. The van der Waals surface area contributed by atoms with Crippen molar-refractivity contribution in [2.24, 2.45) is 5.73 Å². The van der Waals surface area contributed by atoms with Crippen LogP contribution in [-0.4, -0.2) is 45.0 Å². The molecule has 9 nitrogen and oxygen atoms in total. The normalized spacial score (nSPS) is 18.3. The number of ether oxygens (including phenoxy) is 1. The fraction of sp³-hybridized carbons (Fsp3) is 0.231. The molecule has 4 heterocycles. The van der Waals surface area contributed by atoms with Gasteiger partial charge in [-0.3, -0.25) is 9.59 Å². The van der Waals surface area contributed by atoms with E-state index < -0.39 is 28.6 Å². The largest absolute Gasteiger partial charge is 0.489 e. The second-order valence-corrected chi connectivity index (χ2v) is 9.29. The lowest BCUT2D eigenvalue weighted by Gasteiger charge is -2.26. The Labute approximate surface area is 208 Å². The molecule has 0 saturated carbocycles. The summed E-state index contributed by atoms with van der Waals surface area (Å²) in [6.07, 6.45) is 1.73. The number of hydrogen-bond donors (Lipinski definition) is 4. The highest BCUT2D eigenvalue weighted by Gasteiger charge is 2.45. The van der Waals surface area contributed by atoms with Crippen molar-refractivity contribution in [2.75, 3.05) is 13.2 Å². The Morgan fingerprint density at radius 3 is 2.72 bits per heavy atom. The Balaban J connectivity index is 0.00000200. The van der Waals surface area contributed by atoms with E-state index in [0.717, 1.165) is 5.39 Å². The minimum atomic E-state index is -1.64. The van der Waals surface area contributed by atoms with Gasteiger partial charge in [0.15, 0.2) is 0 Å². The van der Waals surface area contributed by atoms with Gasteiger partial charge < -0.3 is 25.9 Å². The predicted octanol–water partition coefficient (Wildman–Crippen LogP) is 3.03. The molecule has 5 N–H and O–H groups in total. The van der Waals surface area contributed by atoms with Crippen LogP contribution < -0.4 is 15.8 Å². The predicted molar refractivity (Wildman–Crippen MR) is 134 cm³/mol. The monoisotopic (exact) mass is 493 g/mol. The second-order valence-electron chi connectivity index (χ2n) is 9.29. The van der Waals surface area contributed by atoms with Crippen LogP contribution >= 0.6 is 0 Å². The fourth-order valence-electron chi connectivity index (χ4n) is 4.16. The van der Waals surface area contributed by atoms with Gasteiger partial charge in [-0.2, -0.15) is 0 Å². The van der Waals surface area contributed by atoms with Crippen LogP contribution in [0.3, 0.4) is 0 Å². The smallest absolute Gasteiger partial charge is 0.270 e. The summed E-state index contributed by atoms with van der Waals surface area (Å²) in [5.41, 5.74) is 5.17. The van der Waals surface area contributed by atoms with Crippen molar-refractivity contribution in [3.63, 3.8) is 0 Å². The Bertz CT molecular complexity index is 1510. The van der Waals surface area contributed by atoms with E-state index in [1.165, 1.54) is 31.2 Å². The number of halogens is 1. The number of rotatable bonds is 6. The van der Waals surface area contributed by atoms with Gasteiger partial charge in [0.1, 0.15) is 46.2 Å². The third-order valence-electron chi connectivity index (χ3n) is 6.52. The molecule has 0 aliphatic carbocycles. The van der Waals surface area contributed by atoms with E-state index in [2.05, 4.69) is 20.3 Å². The number of benzene rings is 1. The van der Waals surface area contributed by atoms with E-state index in [4.69, 9.17) is 10.5 Å². The number of nitrogens with one attached hydrogen (secondary N) is 2. The molecule has 1 aliphatic rings. The van der Waals surface area contributed by atoms with E-state index in [1.54, 1.807) is 31.3 Å². The molecule has 4 aromatic rings. The topological polar surface area (TPSA) is 143 Å². The first kappa shape index (κ1) is 23.4. The number of pyridine rings is 2. The first-order valence-electron chi connectivity index (χ1n) is 11.3. The van der Waals surface area contributed by atoms with Crippen molar-refractivity contribution in [2.45, 2.75) is 24.9 Å². The number of carbonyl (C=O) groups is 2. The van der Waals surface area contributed by atoms with Crippen LogP contribution in [0, 0.1) is 5.82 Å². The Kier molecular flexibility index (Phi) is 5.48. The summed E-state index contributed by atoms with van der Waals surface area (Å²) < 4.78 is 19.4. The van der Waals surface area contributed by atoms with Crippen LogP contribution in [0.5, 0.6) is 5.75 Å². The minimum Gasteiger partial charge on any atom is -0.489 e. The Hall–Kier alpha value is -4.31. The molecule has 36 heavy (non-hydrogen) atoms. The number of H-pyrrole nitrogens is 1. The zero-order valence-electron chi connectivity index (χ0n) is 19.6. The van der Waals surface area contributed by atoms with Crippen LogP contribution in [-0.2, 0) is 15.8 Å². The third kappa shape index (κ3) is 3.95. The molecule has 0 spiro atoms. The molecule has 1 aromatic carbocycles. The van der Waals surface area contributed by atoms with Gasteiger partial charge in [-0.15, -0.1) is 0 Å². The van der Waals surface area contributed by atoms with E-state index in [-0.39, 0.29) is 27.4 Å². The number of aliphatic hydroxyl groups is 1. The number of aromatic amines is 1. The summed E-state index contributed by atoms with van der Waals surface area (Å²) in [5, 5.41) is 14.9. The highest BCUT2D eigenvalue weighted by Crippen LogP contribution is 2.45. The van der Waals surface area contributed by atoms with Crippen LogP contribution in [0.2, 0.25) is 0 Å². The molecule has 188 valence electrons. The Morgan fingerprint density at radius 2 is 2.00 bits per heavy atom. The average Bonchev–Trinajstić information content (AvgIpc) is 3.47. The zero-order chi connectivity index (χ0) is 25.7. The number of fused-ring (bicyclic) bond motifs is 2. The van der Waals surface area contributed by atoms with E-state index >= 15 is 0 Å². The van der Waals surface area contributed by atoms with Gasteiger partial charge in [0, 0.05) is 25.6 Å². The van der Waals surface area contributed by atoms with Crippen LogP contribution in [0.25, 0.3) is 22.3 Å². The van der Waals surface area contributed by atoms with Crippen LogP contribution in [0.15, 0.2) is 54.7 Å². The molecule has 2 atom stereocenters. The lowest BCUT2D eigenvalue weighted by Crippen LogP contribution is -2.41. The lowest BCUT2D eigenvalue weighted by atomic mass is 9.82. The number of amides is 2. The van der Waals surface area contributed by atoms with Crippen molar-refractivity contribution in [1.29, 1.82) is 0 Å². The first-order valence-corrected chi connectivity index (χ1v) is 11.3. The summed E-state index contributed by atoms with van der Waals surface area (Å²) >= 11 is 0. The van der Waals surface area contributed by atoms with Gasteiger partial charge in [-0.25, -0.2) is 14.4 Å². The molecule has 1 aliphatic heterocycles. The summed E-state index contributed by atoms with van der Waals surface area (Å²) in [6.45, 7) is 2.95. The van der Waals surface area contributed by atoms with Gasteiger partial charge in [0.25, 0.3) is 5.91 Å². The fourth-order valence-corrected chi connectivity index (χ4v) is 4.16. The zero-order valence-corrected chi connectivity index (χ0v) is 19.6. The van der Waals surface area contributed by atoms with E-state index in [0.29, 0.717) is 28.2 Å². The minimum absolute atomic E-state index is 0. The van der Waals surface area contributed by atoms with Crippen molar-refractivity contribution < 1.29 is 26.7 Å². The number of nitrogens with zero attached hydrogens (tertiary/aromatic N) is 2. The molecule has 10 heteroatoms. The molecule has 0 radical (unpaired) electrons. The molecule has 0 bridgehead atoms. The maximum Gasteiger partial charge on any atom is 0.270 e. The van der Waals surface area contributed by atoms with E-state index in [1.807, 2.05) is 6.07 Å². The van der Waals surface area contributed by atoms with Gasteiger partial charge >= 0.3 is 0 Å². The maximum absolute atomic E-state index is 13.6. The van der Waals surface area contributed by atoms with Crippen molar-refractivity contribution >= 4 is 22.8 Å². The number of hydrogen-bond acceptors (Lipinski definition) is 6. The van der Waals surface area contributed by atoms with Crippen molar-refractivity contribution in [3.8, 4) is 17.0 Å². The van der Waals surface area contributed by atoms with Gasteiger partial charge in [-0.05, 0) is 62.4 Å². The highest BCUT2D eigenvalue weighted by molar-refractivity contribution is 5.94. The summed E-state index contributed by atoms with van der Waals surface area (Å²) in [5.74, 6) is -1.15. The van der Waals surface area contributed by atoms with Crippen LogP contribution in [0.1, 0.15) is 38.4 Å². The SMILES string of the molecule is C[C@](O)(CNC(=O)c1ccc2cc[nH]c2n1)c1cc2c(c(-c3ccc(F)cc3)n1)OC[C@]2(C)C(N)=O.[HH].[HH]. The first-order chi connectivity index (χ1) is 17.1. The van der Waals surface area contributed by atoms with Gasteiger partial charge in [0.2, 0.25) is 5.91 Å². The third-order valence-corrected chi connectivity index (χ3v) is 6.52. The van der Waals surface area contributed by atoms with Crippen molar-refractivity contribution in [1.82, 2.24) is 20.3 Å². The Morgan fingerprint density at radius 1 is 1.25 bits per heavy atom. The number of nitrogens with two attached hydrogens (primary N) is 1.